The van der Waals surface area contributed by atoms with Gasteiger partial charge in [-0.15, -0.1) is 0 Å². The first-order valence-electron chi connectivity index (χ1n) is 4.03. The number of likely N-dealkylation sites (tertiary alicyclic amines) is 1. The molecule has 1 saturated heterocycles. The highest BCUT2D eigenvalue weighted by Crippen LogP contribution is 2.09. The highest BCUT2D eigenvalue weighted by molar-refractivity contribution is 5.81. The maximum Gasteiger partial charge on any atom is 0.149 e. The van der Waals surface area contributed by atoms with Crippen molar-refractivity contribution in [3.05, 3.63) is 0 Å². The molecular formula is C8H15NO2. The molecule has 1 aliphatic heterocycles. The monoisotopic (exact) mass is 157 g/mol. The molecule has 0 aromatic heterocycles. The van der Waals surface area contributed by atoms with Crippen LogP contribution in [0.3, 0.4) is 0 Å². The summed E-state index contributed by atoms with van der Waals surface area (Å²) in [5.41, 5.74) is 0. The first-order chi connectivity index (χ1) is 5.09. The van der Waals surface area contributed by atoms with Crippen LogP contribution in [0.15, 0.2) is 0 Å². The van der Waals surface area contributed by atoms with Crippen molar-refractivity contribution < 1.29 is 9.90 Å². The average molecular weight is 157 g/mol. The zero-order chi connectivity index (χ0) is 8.43. The zero-order valence-electron chi connectivity index (χ0n) is 7.08. The second kappa shape index (κ2) is 3.32. The number of Topliss-reactive ketones (excluding diaryl/α,β-unsaturated/α-hetero) is 1. The van der Waals surface area contributed by atoms with Crippen LogP contribution in [0, 0.1) is 0 Å². The van der Waals surface area contributed by atoms with E-state index in [1.807, 2.05) is 18.7 Å². The van der Waals surface area contributed by atoms with Crippen molar-refractivity contribution in [2.75, 3.05) is 13.1 Å². The van der Waals surface area contributed by atoms with E-state index in [2.05, 4.69) is 0 Å². The van der Waals surface area contributed by atoms with Gasteiger partial charge in [-0.25, -0.2) is 0 Å². The molecule has 0 aromatic rings. The largest absolute Gasteiger partial charge is 0.391 e. The Labute approximate surface area is 67.0 Å². The number of hydrogen-bond donors (Lipinski definition) is 1. The fourth-order valence-electron chi connectivity index (χ4n) is 1.35. The van der Waals surface area contributed by atoms with Crippen molar-refractivity contribution in [3.63, 3.8) is 0 Å². The number of nitrogens with zero attached hydrogens (tertiary/aromatic N) is 1. The molecule has 1 heterocycles. The second-order valence-corrected chi connectivity index (χ2v) is 3.42. The van der Waals surface area contributed by atoms with Gasteiger partial charge in [0.15, 0.2) is 0 Å². The standard InChI is InChI=1S/C8H15NO2/c1-6(2)9-4-7(10)3-8(11)5-9/h6-7,10H,3-5H2,1-2H3. The molecule has 1 rings (SSSR count). The van der Waals surface area contributed by atoms with Gasteiger partial charge in [-0.3, -0.25) is 9.69 Å². The first kappa shape index (κ1) is 8.68. The summed E-state index contributed by atoms with van der Waals surface area (Å²) in [7, 11) is 0. The number of aliphatic hydroxyl groups excluding tert-OH is 1. The number of aliphatic hydroxyl groups is 1. The van der Waals surface area contributed by atoms with Gasteiger partial charge in [0.05, 0.1) is 12.6 Å². The first-order valence-corrected chi connectivity index (χ1v) is 4.03. The van der Waals surface area contributed by atoms with Crippen molar-refractivity contribution in [1.29, 1.82) is 0 Å². The summed E-state index contributed by atoms with van der Waals surface area (Å²) >= 11 is 0. The summed E-state index contributed by atoms with van der Waals surface area (Å²) in [6, 6.07) is 0.355. The number of β-amino-alcohol motifs (C(OH)–C–C–N with tert-alkyl or cyclic N) is 1. The molecule has 1 unspecified atom stereocenters. The number of carbonyl (C=O) groups is 1. The quantitative estimate of drug-likeness (QED) is 0.584. The van der Waals surface area contributed by atoms with Gasteiger partial charge in [-0.1, -0.05) is 0 Å². The van der Waals surface area contributed by atoms with Crippen molar-refractivity contribution >= 4 is 5.78 Å². The van der Waals surface area contributed by atoms with Crippen LogP contribution < -0.4 is 0 Å². The molecule has 0 aromatic carbocycles. The molecule has 0 radical (unpaired) electrons. The molecule has 64 valence electrons. The van der Waals surface area contributed by atoms with E-state index in [4.69, 9.17) is 0 Å². The summed E-state index contributed by atoms with van der Waals surface area (Å²) in [6.07, 6.45) is -0.109. The third-order valence-electron chi connectivity index (χ3n) is 2.02. The molecule has 1 fully saturated rings. The number of piperidine rings is 1. The van der Waals surface area contributed by atoms with Crippen LogP contribution in [-0.4, -0.2) is 41.0 Å². The van der Waals surface area contributed by atoms with Crippen LogP contribution in [0.1, 0.15) is 20.3 Å². The van der Waals surface area contributed by atoms with Crippen LogP contribution in [0.4, 0.5) is 0 Å². The lowest BCUT2D eigenvalue weighted by molar-refractivity contribution is -0.126. The molecule has 1 N–H and O–H groups in total. The predicted molar refractivity (Wildman–Crippen MR) is 42.3 cm³/mol. The third kappa shape index (κ3) is 2.27. The minimum Gasteiger partial charge on any atom is -0.391 e. The molecule has 0 aliphatic carbocycles. The van der Waals surface area contributed by atoms with E-state index >= 15 is 0 Å². The van der Waals surface area contributed by atoms with Crippen molar-refractivity contribution in [3.8, 4) is 0 Å². The third-order valence-corrected chi connectivity index (χ3v) is 2.02. The Hall–Kier alpha value is -0.410. The summed E-state index contributed by atoms with van der Waals surface area (Å²) < 4.78 is 0. The number of hydrogen-bond acceptors (Lipinski definition) is 3. The van der Waals surface area contributed by atoms with Crippen LogP contribution in [0.25, 0.3) is 0 Å². The van der Waals surface area contributed by atoms with Gasteiger partial charge in [0.25, 0.3) is 0 Å². The fraction of sp³-hybridized carbons (Fsp3) is 0.875. The Morgan fingerprint density at radius 2 is 2.27 bits per heavy atom. The fourth-order valence-corrected chi connectivity index (χ4v) is 1.35. The second-order valence-electron chi connectivity index (χ2n) is 3.42. The molecule has 0 spiro atoms. The topological polar surface area (TPSA) is 40.5 Å². The van der Waals surface area contributed by atoms with Crippen molar-refractivity contribution in [1.82, 2.24) is 4.90 Å². The Morgan fingerprint density at radius 3 is 2.73 bits per heavy atom. The van der Waals surface area contributed by atoms with E-state index in [0.29, 0.717) is 25.6 Å². The Balaban J connectivity index is 2.49. The minimum atomic E-state index is -0.446. The lowest BCUT2D eigenvalue weighted by Gasteiger charge is -2.31. The van der Waals surface area contributed by atoms with E-state index in [0.717, 1.165) is 0 Å². The van der Waals surface area contributed by atoms with Gasteiger partial charge in [0.1, 0.15) is 5.78 Å². The molecule has 0 saturated carbocycles. The Kier molecular flexibility index (Phi) is 2.62. The van der Waals surface area contributed by atoms with Gasteiger partial charge in [0, 0.05) is 19.0 Å². The van der Waals surface area contributed by atoms with Crippen LogP contribution in [-0.2, 0) is 4.79 Å². The number of ketones is 1. The predicted octanol–water partition coefficient (Wildman–Crippen LogP) is 0.0305. The highest BCUT2D eigenvalue weighted by Gasteiger charge is 2.24. The van der Waals surface area contributed by atoms with Crippen LogP contribution >= 0.6 is 0 Å². The summed E-state index contributed by atoms with van der Waals surface area (Å²) in [5, 5.41) is 9.24. The molecule has 3 nitrogen and oxygen atoms in total. The van der Waals surface area contributed by atoms with Crippen LogP contribution in [0.5, 0.6) is 0 Å². The molecule has 11 heavy (non-hydrogen) atoms. The molecular weight excluding hydrogens is 142 g/mol. The zero-order valence-corrected chi connectivity index (χ0v) is 7.08. The van der Waals surface area contributed by atoms with Gasteiger partial charge in [-0.2, -0.15) is 0 Å². The molecule has 0 bridgehead atoms. The highest BCUT2D eigenvalue weighted by atomic mass is 16.3. The van der Waals surface area contributed by atoms with E-state index in [1.54, 1.807) is 0 Å². The maximum atomic E-state index is 11.0. The van der Waals surface area contributed by atoms with Gasteiger partial charge < -0.3 is 5.11 Å². The number of carbonyl (C=O) groups excluding carboxylic acids is 1. The molecule has 1 atom stereocenters. The molecule has 1 aliphatic rings. The molecule has 0 amide bonds. The van der Waals surface area contributed by atoms with E-state index in [9.17, 15) is 9.90 Å². The van der Waals surface area contributed by atoms with Gasteiger partial charge in [-0.05, 0) is 13.8 Å². The minimum absolute atomic E-state index is 0.150. The van der Waals surface area contributed by atoms with Crippen LogP contribution in [0.2, 0.25) is 0 Å². The number of rotatable bonds is 1. The summed E-state index contributed by atoms with van der Waals surface area (Å²) in [5.74, 6) is 0.150. The Bertz CT molecular complexity index is 156. The van der Waals surface area contributed by atoms with Gasteiger partial charge in [0.2, 0.25) is 0 Å². The lowest BCUT2D eigenvalue weighted by atomic mass is 10.1. The summed E-state index contributed by atoms with van der Waals surface area (Å²) in [6.45, 7) is 5.22. The smallest absolute Gasteiger partial charge is 0.149 e. The van der Waals surface area contributed by atoms with E-state index < -0.39 is 6.10 Å². The summed E-state index contributed by atoms with van der Waals surface area (Å²) in [4.78, 5) is 13.0. The normalized spacial score (nSPS) is 28.0. The van der Waals surface area contributed by atoms with Gasteiger partial charge >= 0.3 is 0 Å². The maximum absolute atomic E-state index is 11.0. The van der Waals surface area contributed by atoms with Crippen molar-refractivity contribution in [2.45, 2.75) is 32.4 Å². The average Bonchev–Trinajstić information content (AvgIpc) is 1.85. The Morgan fingerprint density at radius 1 is 1.64 bits per heavy atom. The lowest BCUT2D eigenvalue weighted by Crippen LogP contribution is -2.46. The SMILES string of the molecule is CC(C)N1CC(=O)CC(O)C1. The molecule has 3 heteroatoms. The van der Waals surface area contributed by atoms with Crippen molar-refractivity contribution in [2.24, 2.45) is 0 Å². The van der Waals surface area contributed by atoms with E-state index in [1.165, 1.54) is 0 Å². The van der Waals surface area contributed by atoms with E-state index in [-0.39, 0.29) is 5.78 Å².